The van der Waals surface area contributed by atoms with Crippen LogP contribution in [-0.4, -0.2) is 6.10 Å². The number of hydrazine groups is 1. The van der Waals surface area contributed by atoms with Crippen molar-refractivity contribution >= 4 is 0 Å². The molecule has 2 aliphatic carbocycles. The smallest absolute Gasteiger partial charge is 0.119 e. The number of nitrogens with one attached hydrogen (secondary N) is 1. The highest BCUT2D eigenvalue weighted by atomic mass is 16.5. The Hall–Kier alpha value is -1.06. The van der Waals surface area contributed by atoms with E-state index in [0.717, 1.165) is 18.1 Å². The molecule has 2 aliphatic rings. The van der Waals surface area contributed by atoms with Gasteiger partial charge < -0.3 is 4.74 Å². The Bertz CT molecular complexity index is 394. The fourth-order valence-electron chi connectivity index (χ4n) is 3.04. The van der Waals surface area contributed by atoms with Gasteiger partial charge in [0.25, 0.3) is 0 Å². The lowest BCUT2D eigenvalue weighted by molar-refractivity contribution is 0.303. The molecule has 2 fully saturated rings. The molecule has 0 radical (unpaired) electrons. The van der Waals surface area contributed by atoms with Crippen LogP contribution >= 0.6 is 0 Å². The average Bonchev–Trinajstić information content (AvgIpc) is 3.10. The van der Waals surface area contributed by atoms with E-state index in [0.29, 0.717) is 6.10 Å². The van der Waals surface area contributed by atoms with Crippen LogP contribution < -0.4 is 16.0 Å². The van der Waals surface area contributed by atoms with Crippen molar-refractivity contribution in [3.05, 3.63) is 29.8 Å². The summed E-state index contributed by atoms with van der Waals surface area (Å²) in [7, 11) is 0. The number of hydrogen-bond acceptors (Lipinski definition) is 3. The van der Waals surface area contributed by atoms with Crippen molar-refractivity contribution in [3.63, 3.8) is 0 Å². The van der Waals surface area contributed by atoms with Gasteiger partial charge in [-0.15, -0.1) is 0 Å². The van der Waals surface area contributed by atoms with Gasteiger partial charge in [-0.3, -0.25) is 11.3 Å². The molecule has 0 spiro atoms. The molecule has 0 bridgehead atoms. The second-order valence-corrected chi connectivity index (χ2v) is 5.99. The fourth-order valence-corrected chi connectivity index (χ4v) is 3.04. The highest BCUT2D eigenvalue weighted by molar-refractivity contribution is 5.29. The molecule has 19 heavy (non-hydrogen) atoms. The van der Waals surface area contributed by atoms with Crippen molar-refractivity contribution in [1.29, 1.82) is 0 Å². The van der Waals surface area contributed by atoms with E-state index in [1.807, 2.05) is 0 Å². The number of hydrogen-bond donors (Lipinski definition) is 2. The molecule has 1 unspecified atom stereocenters. The first-order valence-corrected chi connectivity index (χ1v) is 7.58. The van der Waals surface area contributed by atoms with Gasteiger partial charge in [0.1, 0.15) is 5.75 Å². The molecule has 1 atom stereocenters. The number of rotatable bonds is 6. The monoisotopic (exact) mass is 260 g/mol. The average molecular weight is 260 g/mol. The summed E-state index contributed by atoms with van der Waals surface area (Å²) < 4.78 is 5.78. The molecule has 3 N–H and O–H groups in total. The van der Waals surface area contributed by atoms with Crippen LogP contribution in [0, 0.1) is 5.92 Å². The second-order valence-electron chi connectivity index (χ2n) is 5.99. The van der Waals surface area contributed by atoms with Crippen LogP contribution in [0.25, 0.3) is 0 Å². The Morgan fingerprint density at radius 3 is 2.37 bits per heavy atom. The van der Waals surface area contributed by atoms with E-state index >= 15 is 0 Å². The summed E-state index contributed by atoms with van der Waals surface area (Å²) in [5, 5.41) is 0. The maximum atomic E-state index is 5.78. The van der Waals surface area contributed by atoms with Crippen LogP contribution in [0.5, 0.6) is 5.75 Å². The molecule has 3 rings (SSSR count). The highest BCUT2D eigenvalue weighted by Gasteiger charge is 2.24. The molecule has 2 saturated carbocycles. The predicted molar refractivity (Wildman–Crippen MR) is 76.7 cm³/mol. The van der Waals surface area contributed by atoms with Gasteiger partial charge in [-0.05, 0) is 42.9 Å². The van der Waals surface area contributed by atoms with Gasteiger partial charge in [0.05, 0.1) is 6.10 Å². The van der Waals surface area contributed by atoms with Gasteiger partial charge in [-0.1, -0.05) is 37.8 Å². The van der Waals surface area contributed by atoms with E-state index in [1.165, 1.54) is 44.1 Å². The standard InChI is InChI=1S/C16H24N2O/c17-18-16(11-12-3-1-2-4-12)13-5-7-14(8-6-13)19-15-9-10-15/h5-8,12,15-16,18H,1-4,9-11,17H2. The van der Waals surface area contributed by atoms with Gasteiger partial charge in [-0.2, -0.15) is 0 Å². The van der Waals surface area contributed by atoms with Gasteiger partial charge in [0.2, 0.25) is 0 Å². The Morgan fingerprint density at radius 1 is 1.11 bits per heavy atom. The van der Waals surface area contributed by atoms with Crippen molar-refractivity contribution in [3.8, 4) is 5.75 Å². The minimum absolute atomic E-state index is 0.276. The minimum Gasteiger partial charge on any atom is -0.490 e. The van der Waals surface area contributed by atoms with E-state index in [2.05, 4.69) is 29.7 Å². The Balaban J connectivity index is 1.60. The quantitative estimate of drug-likeness (QED) is 0.609. The maximum Gasteiger partial charge on any atom is 0.119 e. The van der Waals surface area contributed by atoms with Crippen molar-refractivity contribution in [2.75, 3.05) is 0 Å². The topological polar surface area (TPSA) is 47.3 Å². The summed E-state index contributed by atoms with van der Waals surface area (Å²) in [6, 6.07) is 8.73. The van der Waals surface area contributed by atoms with E-state index in [1.54, 1.807) is 0 Å². The highest BCUT2D eigenvalue weighted by Crippen LogP contribution is 2.33. The third-order valence-electron chi connectivity index (χ3n) is 4.35. The van der Waals surface area contributed by atoms with Gasteiger partial charge in [-0.25, -0.2) is 0 Å². The minimum atomic E-state index is 0.276. The number of benzene rings is 1. The molecular formula is C16H24N2O. The second kappa shape index (κ2) is 5.93. The van der Waals surface area contributed by atoms with Crippen LogP contribution in [0.2, 0.25) is 0 Å². The van der Waals surface area contributed by atoms with Crippen molar-refractivity contribution < 1.29 is 4.74 Å². The van der Waals surface area contributed by atoms with E-state index in [9.17, 15) is 0 Å². The summed E-state index contributed by atoms with van der Waals surface area (Å²) in [6.45, 7) is 0. The van der Waals surface area contributed by atoms with Crippen molar-refractivity contribution in [2.24, 2.45) is 11.8 Å². The van der Waals surface area contributed by atoms with E-state index < -0.39 is 0 Å². The molecule has 0 aliphatic heterocycles. The lowest BCUT2D eigenvalue weighted by Gasteiger charge is -2.20. The van der Waals surface area contributed by atoms with Crippen LogP contribution in [0.4, 0.5) is 0 Å². The van der Waals surface area contributed by atoms with E-state index in [-0.39, 0.29) is 6.04 Å². The summed E-state index contributed by atoms with van der Waals surface area (Å²) in [6.07, 6.45) is 9.52. The normalized spacial score (nSPS) is 21.5. The zero-order valence-corrected chi connectivity index (χ0v) is 11.5. The molecule has 1 aromatic rings. The lowest BCUT2D eigenvalue weighted by atomic mass is 9.94. The van der Waals surface area contributed by atoms with Gasteiger partial charge in [0.15, 0.2) is 0 Å². The van der Waals surface area contributed by atoms with E-state index in [4.69, 9.17) is 10.6 Å². The largest absolute Gasteiger partial charge is 0.490 e. The molecule has 0 saturated heterocycles. The Kier molecular flexibility index (Phi) is 4.04. The molecule has 0 heterocycles. The van der Waals surface area contributed by atoms with Crippen LogP contribution in [0.1, 0.15) is 56.6 Å². The molecule has 1 aromatic carbocycles. The zero-order chi connectivity index (χ0) is 13.1. The number of ether oxygens (including phenoxy) is 1. The maximum absolute atomic E-state index is 5.78. The van der Waals surface area contributed by atoms with Crippen LogP contribution in [0.15, 0.2) is 24.3 Å². The molecular weight excluding hydrogens is 236 g/mol. The summed E-state index contributed by atoms with van der Waals surface area (Å²) in [4.78, 5) is 0. The summed E-state index contributed by atoms with van der Waals surface area (Å²) in [5.74, 6) is 7.56. The zero-order valence-electron chi connectivity index (χ0n) is 11.5. The van der Waals surface area contributed by atoms with Crippen LogP contribution in [-0.2, 0) is 0 Å². The lowest BCUT2D eigenvalue weighted by Crippen LogP contribution is -2.29. The third-order valence-corrected chi connectivity index (χ3v) is 4.35. The Morgan fingerprint density at radius 2 is 1.79 bits per heavy atom. The first-order chi connectivity index (χ1) is 9.35. The molecule has 3 nitrogen and oxygen atoms in total. The third kappa shape index (κ3) is 3.48. The van der Waals surface area contributed by atoms with Gasteiger partial charge in [0, 0.05) is 6.04 Å². The molecule has 104 valence electrons. The van der Waals surface area contributed by atoms with Gasteiger partial charge >= 0.3 is 0 Å². The summed E-state index contributed by atoms with van der Waals surface area (Å²) >= 11 is 0. The van der Waals surface area contributed by atoms with Crippen LogP contribution in [0.3, 0.4) is 0 Å². The SMILES string of the molecule is NNC(CC1CCCC1)c1ccc(OC2CC2)cc1. The molecule has 3 heteroatoms. The van der Waals surface area contributed by atoms with Crippen molar-refractivity contribution in [1.82, 2.24) is 5.43 Å². The molecule has 0 aromatic heterocycles. The first kappa shape index (κ1) is 12.9. The predicted octanol–water partition coefficient (Wildman–Crippen LogP) is 3.31. The van der Waals surface area contributed by atoms with Crippen molar-refractivity contribution in [2.45, 2.75) is 57.1 Å². The molecule has 0 amide bonds. The first-order valence-electron chi connectivity index (χ1n) is 7.58. The number of nitrogens with two attached hydrogens (primary N) is 1. The fraction of sp³-hybridized carbons (Fsp3) is 0.625. The summed E-state index contributed by atoms with van der Waals surface area (Å²) in [5.41, 5.74) is 4.25. The Labute approximate surface area is 115 Å².